The van der Waals surface area contributed by atoms with Gasteiger partial charge in [0.15, 0.2) is 0 Å². The largest absolute Gasteiger partial charge is 0.507 e. The highest BCUT2D eigenvalue weighted by atomic mass is 16.4. The van der Waals surface area contributed by atoms with Crippen LogP contribution in [0.5, 0.6) is 11.5 Å². The second-order valence-electron chi connectivity index (χ2n) is 6.49. The first-order valence-electron chi connectivity index (χ1n) is 7.88. The molecule has 124 valence electrons. The molecule has 4 heteroatoms. The third kappa shape index (κ3) is 3.95. The number of phenolic OH excluding ortho intramolecular Hbond substituents is 2. The molecular formula is C19H24O4. The number of aromatic hydroxyl groups is 2. The SMILES string of the molecule is C=C(C)[C@@H]1CC(C)=C[C@H]1c1c(O)cc(CCCC(=O)O)cc1O. The van der Waals surface area contributed by atoms with Gasteiger partial charge in [-0.3, -0.25) is 4.79 Å². The Bertz CT molecular complexity index is 634. The zero-order chi connectivity index (χ0) is 17.1. The molecule has 3 N–H and O–H groups in total. The summed E-state index contributed by atoms with van der Waals surface area (Å²) in [5.74, 6) is -0.591. The van der Waals surface area contributed by atoms with Crippen molar-refractivity contribution in [1.29, 1.82) is 0 Å². The Balaban J connectivity index is 2.26. The first-order valence-corrected chi connectivity index (χ1v) is 7.88. The van der Waals surface area contributed by atoms with Gasteiger partial charge in [-0.05, 0) is 56.7 Å². The lowest BCUT2D eigenvalue weighted by Gasteiger charge is -2.22. The van der Waals surface area contributed by atoms with E-state index in [-0.39, 0.29) is 29.8 Å². The maximum Gasteiger partial charge on any atom is 0.303 e. The summed E-state index contributed by atoms with van der Waals surface area (Å²) in [6, 6.07) is 3.27. The van der Waals surface area contributed by atoms with Gasteiger partial charge in [-0.15, -0.1) is 0 Å². The van der Waals surface area contributed by atoms with E-state index in [1.807, 2.05) is 13.8 Å². The molecule has 0 fully saturated rings. The van der Waals surface area contributed by atoms with Crippen molar-refractivity contribution < 1.29 is 20.1 Å². The topological polar surface area (TPSA) is 77.8 Å². The number of allylic oxidation sites excluding steroid dienone is 3. The van der Waals surface area contributed by atoms with Crippen molar-refractivity contribution in [3.05, 3.63) is 47.1 Å². The summed E-state index contributed by atoms with van der Waals surface area (Å²) in [7, 11) is 0. The molecular weight excluding hydrogens is 292 g/mol. The number of benzene rings is 1. The van der Waals surface area contributed by atoms with Crippen molar-refractivity contribution in [2.45, 2.75) is 45.4 Å². The highest BCUT2D eigenvalue weighted by molar-refractivity contribution is 5.66. The van der Waals surface area contributed by atoms with Gasteiger partial charge < -0.3 is 15.3 Å². The summed E-state index contributed by atoms with van der Waals surface area (Å²) in [5.41, 5.74) is 3.55. The first kappa shape index (κ1) is 17.1. The van der Waals surface area contributed by atoms with Crippen molar-refractivity contribution in [3.63, 3.8) is 0 Å². The molecule has 0 saturated carbocycles. The van der Waals surface area contributed by atoms with E-state index >= 15 is 0 Å². The minimum Gasteiger partial charge on any atom is -0.507 e. The van der Waals surface area contributed by atoms with Gasteiger partial charge in [-0.2, -0.15) is 0 Å². The summed E-state index contributed by atoms with van der Waals surface area (Å²) in [6.07, 6.45) is 4.03. The fraction of sp³-hybridized carbons (Fsp3) is 0.421. The molecule has 23 heavy (non-hydrogen) atoms. The molecule has 0 radical (unpaired) electrons. The molecule has 1 aromatic rings. The molecule has 1 aromatic carbocycles. The lowest BCUT2D eigenvalue weighted by Crippen LogP contribution is -2.08. The van der Waals surface area contributed by atoms with E-state index in [0.717, 1.165) is 17.6 Å². The van der Waals surface area contributed by atoms with Crippen LogP contribution >= 0.6 is 0 Å². The Labute approximate surface area is 136 Å². The predicted molar refractivity (Wildman–Crippen MR) is 89.8 cm³/mol. The number of carbonyl (C=O) groups is 1. The average Bonchev–Trinajstić information content (AvgIpc) is 2.79. The molecule has 0 unspecified atom stereocenters. The van der Waals surface area contributed by atoms with E-state index in [2.05, 4.69) is 12.7 Å². The van der Waals surface area contributed by atoms with Gasteiger partial charge in [0, 0.05) is 17.9 Å². The molecule has 0 saturated heterocycles. The normalized spacial score (nSPS) is 20.3. The van der Waals surface area contributed by atoms with Crippen LogP contribution in [0.15, 0.2) is 35.9 Å². The molecule has 0 aromatic heterocycles. The van der Waals surface area contributed by atoms with Crippen LogP contribution in [0.1, 0.15) is 50.2 Å². The van der Waals surface area contributed by atoms with Gasteiger partial charge in [0.2, 0.25) is 0 Å². The van der Waals surface area contributed by atoms with Crippen molar-refractivity contribution in [2.24, 2.45) is 5.92 Å². The highest BCUT2D eigenvalue weighted by Gasteiger charge is 2.31. The molecule has 0 bridgehead atoms. The van der Waals surface area contributed by atoms with Gasteiger partial charge in [0.05, 0.1) is 0 Å². The molecule has 4 nitrogen and oxygen atoms in total. The minimum absolute atomic E-state index is 0.0672. The number of phenols is 2. The van der Waals surface area contributed by atoms with E-state index in [1.165, 1.54) is 5.57 Å². The van der Waals surface area contributed by atoms with Gasteiger partial charge in [-0.1, -0.05) is 23.8 Å². The lowest BCUT2D eigenvalue weighted by atomic mass is 9.83. The van der Waals surface area contributed by atoms with Crippen LogP contribution < -0.4 is 0 Å². The van der Waals surface area contributed by atoms with Crippen LogP contribution in [-0.2, 0) is 11.2 Å². The predicted octanol–water partition coefficient (Wildman–Crippen LogP) is 4.13. The number of rotatable bonds is 6. The Morgan fingerprint density at radius 2 is 1.91 bits per heavy atom. The molecule has 0 heterocycles. The summed E-state index contributed by atoms with van der Waals surface area (Å²) in [6.45, 7) is 8.05. The number of carboxylic acid groups (broad SMARTS) is 1. The zero-order valence-corrected chi connectivity index (χ0v) is 13.7. The molecule has 1 aliphatic carbocycles. The summed E-state index contributed by atoms with van der Waals surface area (Å²) in [5, 5.41) is 29.5. The fourth-order valence-corrected chi connectivity index (χ4v) is 3.34. The van der Waals surface area contributed by atoms with Crippen molar-refractivity contribution in [1.82, 2.24) is 0 Å². The Morgan fingerprint density at radius 1 is 1.30 bits per heavy atom. The summed E-state index contributed by atoms with van der Waals surface area (Å²) < 4.78 is 0. The number of carboxylic acids is 1. The molecule has 0 aliphatic heterocycles. The van der Waals surface area contributed by atoms with E-state index < -0.39 is 5.97 Å². The van der Waals surface area contributed by atoms with Crippen molar-refractivity contribution in [3.8, 4) is 11.5 Å². The van der Waals surface area contributed by atoms with Crippen LogP contribution in [-0.4, -0.2) is 21.3 Å². The number of hydrogen-bond donors (Lipinski definition) is 3. The third-order valence-electron chi connectivity index (χ3n) is 4.46. The second kappa shape index (κ2) is 6.90. The molecule has 2 rings (SSSR count). The first-order chi connectivity index (χ1) is 10.8. The fourth-order valence-electron chi connectivity index (χ4n) is 3.34. The van der Waals surface area contributed by atoms with E-state index in [0.29, 0.717) is 18.4 Å². The molecule has 0 spiro atoms. The zero-order valence-electron chi connectivity index (χ0n) is 13.7. The molecule has 1 aliphatic rings. The number of aryl methyl sites for hydroxylation is 1. The second-order valence-corrected chi connectivity index (χ2v) is 6.49. The summed E-state index contributed by atoms with van der Waals surface area (Å²) >= 11 is 0. The van der Waals surface area contributed by atoms with Gasteiger partial charge in [0.1, 0.15) is 11.5 Å². The van der Waals surface area contributed by atoms with Crippen molar-refractivity contribution >= 4 is 5.97 Å². The lowest BCUT2D eigenvalue weighted by molar-refractivity contribution is -0.137. The van der Waals surface area contributed by atoms with Crippen LogP contribution in [0.4, 0.5) is 0 Å². The smallest absolute Gasteiger partial charge is 0.303 e. The number of aliphatic carboxylic acids is 1. The van der Waals surface area contributed by atoms with Gasteiger partial charge in [0.25, 0.3) is 0 Å². The van der Waals surface area contributed by atoms with Gasteiger partial charge in [-0.25, -0.2) is 0 Å². The van der Waals surface area contributed by atoms with Crippen LogP contribution in [0.3, 0.4) is 0 Å². The minimum atomic E-state index is -0.842. The van der Waals surface area contributed by atoms with Gasteiger partial charge >= 0.3 is 5.97 Å². The highest BCUT2D eigenvalue weighted by Crippen LogP contribution is 2.47. The number of hydrogen-bond acceptors (Lipinski definition) is 3. The summed E-state index contributed by atoms with van der Waals surface area (Å²) in [4.78, 5) is 10.6. The average molecular weight is 316 g/mol. The third-order valence-corrected chi connectivity index (χ3v) is 4.46. The van der Waals surface area contributed by atoms with E-state index in [9.17, 15) is 15.0 Å². The Hall–Kier alpha value is -2.23. The molecule has 2 atom stereocenters. The van der Waals surface area contributed by atoms with Crippen LogP contribution in [0.25, 0.3) is 0 Å². The van der Waals surface area contributed by atoms with E-state index in [1.54, 1.807) is 12.1 Å². The Kier molecular flexibility index (Phi) is 5.14. The van der Waals surface area contributed by atoms with Crippen molar-refractivity contribution in [2.75, 3.05) is 0 Å². The quantitative estimate of drug-likeness (QED) is 0.690. The maximum absolute atomic E-state index is 10.6. The maximum atomic E-state index is 10.6. The van der Waals surface area contributed by atoms with E-state index in [4.69, 9.17) is 5.11 Å². The monoisotopic (exact) mass is 316 g/mol. The van der Waals surface area contributed by atoms with Crippen LogP contribution in [0, 0.1) is 5.92 Å². The Morgan fingerprint density at radius 3 is 2.43 bits per heavy atom. The van der Waals surface area contributed by atoms with Crippen LogP contribution in [0.2, 0.25) is 0 Å². The molecule has 0 amide bonds. The standard InChI is InChI=1S/C19H24O4/c1-11(2)14-7-12(3)8-15(14)19-16(20)9-13(10-17(19)21)5-4-6-18(22)23/h8-10,14-15,20-21H,1,4-7H2,2-3H3,(H,22,23)/t14-,15+/m0/s1.